The van der Waals surface area contributed by atoms with Gasteiger partial charge in [-0.2, -0.15) is 0 Å². The number of hydrogen-bond donors (Lipinski definition) is 2. The summed E-state index contributed by atoms with van der Waals surface area (Å²) in [5, 5.41) is 6.27. The lowest BCUT2D eigenvalue weighted by Gasteiger charge is -2.36. The number of nitrogens with zero attached hydrogens (tertiary/aromatic N) is 1. The quantitative estimate of drug-likeness (QED) is 0.772. The first-order valence-electron chi connectivity index (χ1n) is 9.28. The maximum absolute atomic E-state index is 12.2. The van der Waals surface area contributed by atoms with Crippen LogP contribution in [0.25, 0.3) is 0 Å². The molecule has 1 aliphatic carbocycles. The third-order valence-electron chi connectivity index (χ3n) is 4.52. The Kier molecular flexibility index (Phi) is 7.18. The summed E-state index contributed by atoms with van der Waals surface area (Å²) in [6.07, 6.45) is 3.19. The van der Waals surface area contributed by atoms with Gasteiger partial charge in [0.25, 0.3) is 5.91 Å². The zero-order valence-electron chi connectivity index (χ0n) is 16.5. The maximum atomic E-state index is 12.2. The van der Waals surface area contributed by atoms with Gasteiger partial charge in [0, 0.05) is 24.7 Å². The Hall–Kier alpha value is -2.15. The highest BCUT2D eigenvalue weighted by Gasteiger charge is 2.29. The van der Waals surface area contributed by atoms with Crippen LogP contribution in [0.1, 0.15) is 56.8 Å². The third kappa shape index (κ3) is 6.82. The normalized spacial score (nSPS) is 19.7. The summed E-state index contributed by atoms with van der Waals surface area (Å²) in [6, 6.07) is 9.33. The Morgan fingerprint density at radius 1 is 1.11 bits per heavy atom. The van der Waals surface area contributed by atoms with E-state index in [2.05, 4.69) is 10.6 Å². The standard InChI is InChI=1S/C20H29N3O3S/c1-20(2,3)26-19(25)23(4)16-12-10-15(11-13-16)21-18(27)22-17(24)14-8-6-5-7-9-14/h5-9,15-16H,10-13H2,1-4H3,(H2,21,22,24,27). The molecule has 2 amide bonds. The molecule has 0 bridgehead atoms. The molecule has 148 valence electrons. The summed E-state index contributed by atoms with van der Waals surface area (Å²) in [5.41, 5.74) is 0.0807. The molecule has 6 nitrogen and oxygen atoms in total. The molecule has 7 heteroatoms. The number of amides is 2. The molecule has 1 aromatic rings. The van der Waals surface area contributed by atoms with E-state index in [1.165, 1.54) is 0 Å². The smallest absolute Gasteiger partial charge is 0.410 e. The molecular formula is C20H29N3O3S. The molecular weight excluding hydrogens is 362 g/mol. The molecule has 0 radical (unpaired) electrons. The minimum atomic E-state index is -0.493. The van der Waals surface area contributed by atoms with E-state index in [1.54, 1.807) is 24.1 Å². The molecule has 0 aliphatic heterocycles. The van der Waals surface area contributed by atoms with E-state index in [9.17, 15) is 9.59 Å². The fraction of sp³-hybridized carbons (Fsp3) is 0.550. The largest absolute Gasteiger partial charge is 0.444 e. The number of hydrogen-bond acceptors (Lipinski definition) is 4. The fourth-order valence-corrected chi connectivity index (χ4v) is 3.34. The average Bonchev–Trinajstić information content (AvgIpc) is 2.61. The van der Waals surface area contributed by atoms with Crippen LogP contribution in [0.15, 0.2) is 30.3 Å². The first kappa shape index (κ1) is 21.2. The monoisotopic (exact) mass is 391 g/mol. The minimum absolute atomic E-state index is 0.158. The Bertz CT molecular complexity index is 665. The molecule has 0 atom stereocenters. The maximum Gasteiger partial charge on any atom is 0.410 e. The first-order chi connectivity index (χ1) is 12.7. The summed E-state index contributed by atoms with van der Waals surface area (Å²) in [5.74, 6) is -0.216. The zero-order chi connectivity index (χ0) is 20.0. The minimum Gasteiger partial charge on any atom is -0.444 e. The summed E-state index contributed by atoms with van der Waals surface area (Å²) in [7, 11) is 1.79. The van der Waals surface area contributed by atoms with Gasteiger partial charge in [-0.25, -0.2) is 4.79 Å². The van der Waals surface area contributed by atoms with Crippen molar-refractivity contribution in [2.24, 2.45) is 0 Å². The SMILES string of the molecule is CN(C(=O)OC(C)(C)C)C1CCC(NC(=S)NC(=O)c2ccccc2)CC1. The van der Waals surface area contributed by atoms with E-state index in [1.807, 2.05) is 39.0 Å². The summed E-state index contributed by atoms with van der Waals surface area (Å²) in [4.78, 5) is 26.0. The second-order valence-electron chi connectivity index (χ2n) is 7.89. The van der Waals surface area contributed by atoms with Crippen molar-refractivity contribution in [1.29, 1.82) is 0 Å². The summed E-state index contributed by atoms with van der Waals surface area (Å²) < 4.78 is 5.43. The van der Waals surface area contributed by atoms with Crippen molar-refractivity contribution >= 4 is 29.3 Å². The molecule has 0 unspecified atom stereocenters. The second-order valence-corrected chi connectivity index (χ2v) is 8.30. The molecule has 2 N–H and O–H groups in total. The topological polar surface area (TPSA) is 70.7 Å². The number of rotatable bonds is 3. The van der Waals surface area contributed by atoms with Crippen LogP contribution in [-0.4, -0.2) is 46.7 Å². The third-order valence-corrected chi connectivity index (χ3v) is 4.74. The van der Waals surface area contributed by atoms with Gasteiger partial charge in [0.2, 0.25) is 0 Å². The van der Waals surface area contributed by atoms with Crippen molar-refractivity contribution in [3.05, 3.63) is 35.9 Å². The fourth-order valence-electron chi connectivity index (χ4n) is 3.08. The highest BCUT2D eigenvalue weighted by atomic mass is 32.1. The van der Waals surface area contributed by atoms with E-state index in [0.717, 1.165) is 25.7 Å². The number of carbonyl (C=O) groups excluding carboxylic acids is 2. The first-order valence-corrected chi connectivity index (χ1v) is 9.69. The van der Waals surface area contributed by atoms with E-state index >= 15 is 0 Å². The van der Waals surface area contributed by atoms with Crippen molar-refractivity contribution in [2.45, 2.75) is 64.1 Å². The van der Waals surface area contributed by atoms with Crippen LogP contribution in [0.4, 0.5) is 4.79 Å². The van der Waals surface area contributed by atoms with Crippen LogP contribution < -0.4 is 10.6 Å². The molecule has 0 aromatic heterocycles. The molecule has 0 heterocycles. The van der Waals surface area contributed by atoms with Gasteiger partial charge in [-0.15, -0.1) is 0 Å². The molecule has 0 saturated heterocycles. The predicted octanol–water partition coefficient (Wildman–Crippen LogP) is 3.47. The number of carbonyl (C=O) groups is 2. The average molecular weight is 392 g/mol. The number of nitrogens with one attached hydrogen (secondary N) is 2. The zero-order valence-corrected chi connectivity index (χ0v) is 17.3. The summed E-state index contributed by atoms with van der Waals surface area (Å²) >= 11 is 5.27. The molecule has 1 aliphatic rings. The van der Waals surface area contributed by atoms with Gasteiger partial charge in [-0.3, -0.25) is 10.1 Å². The van der Waals surface area contributed by atoms with Gasteiger partial charge >= 0.3 is 6.09 Å². The number of thiocarbonyl (C=S) groups is 1. The lowest BCUT2D eigenvalue weighted by molar-refractivity contribution is 0.0181. The Balaban J connectivity index is 1.76. The van der Waals surface area contributed by atoms with Crippen molar-refractivity contribution in [2.75, 3.05) is 7.05 Å². The molecule has 2 rings (SSSR count). The van der Waals surface area contributed by atoms with E-state index in [4.69, 9.17) is 17.0 Å². The Morgan fingerprint density at radius 2 is 1.70 bits per heavy atom. The highest BCUT2D eigenvalue weighted by Crippen LogP contribution is 2.24. The van der Waals surface area contributed by atoms with E-state index in [0.29, 0.717) is 10.7 Å². The van der Waals surface area contributed by atoms with Gasteiger partial charge in [0.05, 0.1) is 0 Å². The van der Waals surface area contributed by atoms with Crippen molar-refractivity contribution in [3.63, 3.8) is 0 Å². The number of benzene rings is 1. The van der Waals surface area contributed by atoms with Crippen molar-refractivity contribution in [1.82, 2.24) is 15.5 Å². The van der Waals surface area contributed by atoms with E-state index < -0.39 is 5.60 Å². The lowest BCUT2D eigenvalue weighted by Crippen LogP contribution is -2.48. The van der Waals surface area contributed by atoms with Crippen molar-refractivity contribution in [3.8, 4) is 0 Å². The van der Waals surface area contributed by atoms with Crippen LogP contribution in [0.5, 0.6) is 0 Å². The van der Waals surface area contributed by atoms with Crippen LogP contribution in [-0.2, 0) is 4.74 Å². The molecule has 1 fully saturated rings. The van der Waals surface area contributed by atoms with Crippen LogP contribution in [0.2, 0.25) is 0 Å². The van der Waals surface area contributed by atoms with Crippen LogP contribution >= 0.6 is 12.2 Å². The second kappa shape index (κ2) is 9.17. The molecule has 27 heavy (non-hydrogen) atoms. The van der Waals surface area contributed by atoms with Crippen molar-refractivity contribution < 1.29 is 14.3 Å². The molecule has 1 saturated carbocycles. The van der Waals surface area contributed by atoms with Gasteiger partial charge < -0.3 is 15.0 Å². The highest BCUT2D eigenvalue weighted by molar-refractivity contribution is 7.80. The predicted molar refractivity (Wildman–Crippen MR) is 110 cm³/mol. The molecule has 1 aromatic carbocycles. The Labute approximate surface area is 166 Å². The van der Waals surface area contributed by atoms with Gasteiger partial charge in [-0.1, -0.05) is 18.2 Å². The van der Waals surface area contributed by atoms with Crippen LogP contribution in [0.3, 0.4) is 0 Å². The lowest BCUT2D eigenvalue weighted by atomic mass is 9.90. The Morgan fingerprint density at radius 3 is 2.26 bits per heavy atom. The van der Waals surface area contributed by atoms with E-state index in [-0.39, 0.29) is 24.1 Å². The van der Waals surface area contributed by atoms with Gasteiger partial charge in [-0.05, 0) is 70.8 Å². The molecule has 0 spiro atoms. The van der Waals surface area contributed by atoms with Crippen LogP contribution in [0, 0.1) is 0 Å². The number of ether oxygens (including phenoxy) is 1. The summed E-state index contributed by atoms with van der Waals surface area (Å²) in [6.45, 7) is 5.60. The van der Waals surface area contributed by atoms with Gasteiger partial charge in [0.1, 0.15) is 5.60 Å². The van der Waals surface area contributed by atoms with Gasteiger partial charge in [0.15, 0.2) is 5.11 Å².